The summed E-state index contributed by atoms with van der Waals surface area (Å²) >= 11 is 1.32. The molecule has 4 nitrogen and oxygen atoms in total. The van der Waals surface area contributed by atoms with E-state index in [2.05, 4.69) is 43.7 Å². The van der Waals surface area contributed by atoms with Crippen LogP contribution in [0.25, 0.3) is 11.6 Å². The zero-order valence-corrected chi connectivity index (χ0v) is 18.3. The third-order valence-electron chi connectivity index (χ3n) is 5.20. The Morgan fingerprint density at radius 1 is 1.21 bits per heavy atom. The molecule has 150 valence electrons. The fourth-order valence-corrected chi connectivity index (χ4v) is 5.08. The summed E-state index contributed by atoms with van der Waals surface area (Å²) in [6.45, 7) is 14.2. The number of hydrogen-bond donors (Lipinski definition) is 0. The molecule has 2 heterocycles. The lowest BCUT2D eigenvalue weighted by atomic mass is 9.88. The first-order chi connectivity index (χ1) is 13.2. The first-order valence-corrected chi connectivity index (χ1v) is 10.6. The van der Waals surface area contributed by atoms with E-state index < -0.39 is 0 Å². The fraction of sp³-hybridized carbons (Fsp3) is 0.455. The Bertz CT molecular complexity index is 901. The highest BCUT2D eigenvalue weighted by atomic mass is 32.2. The number of hydrogen-bond acceptors (Lipinski definition) is 4. The highest BCUT2D eigenvalue weighted by Gasteiger charge is 2.33. The third-order valence-corrected chi connectivity index (χ3v) is 6.24. The Morgan fingerprint density at radius 2 is 1.93 bits per heavy atom. The van der Waals surface area contributed by atoms with E-state index in [-0.39, 0.29) is 17.3 Å². The number of amides is 1. The van der Waals surface area contributed by atoms with Gasteiger partial charge in [-0.25, -0.2) is 4.39 Å². The zero-order chi connectivity index (χ0) is 20.6. The molecule has 1 amide bonds. The number of aliphatic imine (C=N–C) groups is 1. The molecule has 0 N–H and O–H groups in total. The number of anilines is 1. The van der Waals surface area contributed by atoms with Crippen molar-refractivity contribution in [2.45, 2.75) is 47.1 Å². The molecule has 0 spiro atoms. The van der Waals surface area contributed by atoms with Gasteiger partial charge >= 0.3 is 0 Å². The average Bonchev–Trinajstić information content (AvgIpc) is 2.91. The van der Waals surface area contributed by atoms with Gasteiger partial charge in [-0.15, -0.1) is 0 Å². The number of halogens is 1. The van der Waals surface area contributed by atoms with Gasteiger partial charge in [-0.05, 0) is 77.1 Å². The summed E-state index contributed by atoms with van der Waals surface area (Å²) < 4.78 is 15.0. The van der Waals surface area contributed by atoms with Crippen LogP contribution >= 0.6 is 11.8 Å². The van der Waals surface area contributed by atoms with Crippen LogP contribution in [-0.4, -0.2) is 41.1 Å². The lowest BCUT2D eigenvalue weighted by Gasteiger charge is -2.42. The molecule has 1 fully saturated rings. The summed E-state index contributed by atoms with van der Waals surface area (Å²) in [5.74, 6) is -0.423. The Kier molecular flexibility index (Phi) is 5.71. The van der Waals surface area contributed by atoms with E-state index in [0.717, 1.165) is 23.4 Å². The quantitative estimate of drug-likeness (QED) is 0.654. The number of allylic oxidation sites excluding steroid dienone is 1. The molecule has 0 radical (unpaired) electrons. The Balaban J connectivity index is 2.07. The molecular weight excluding hydrogens is 373 g/mol. The number of thioether (sulfide) groups is 1. The van der Waals surface area contributed by atoms with Gasteiger partial charge in [0.2, 0.25) is 0 Å². The van der Waals surface area contributed by atoms with E-state index in [0.29, 0.717) is 28.7 Å². The molecule has 0 bridgehead atoms. The zero-order valence-electron chi connectivity index (χ0n) is 17.5. The number of benzene rings is 1. The van der Waals surface area contributed by atoms with Crippen LogP contribution in [0.4, 0.5) is 10.1 Å². The number of nitrogens with zero attached hydrogens (tertiary/aromatic N) is 3. The van der Waals surface area contributed by atoms with Crippen molar-refractivity contribution in [2.24, 2.45) is 4.99 Å². The second-order valence-electron chi connectivity index (χ2n) is 7.53. The highest BCUT2D eigenvalue weighted by molar-refractivity contribution is 8.18. The average molecular weight is 402 g/mol. The summed E-state index contributed by atoms with van der Waals surface area (Å²) in [7, 11) is 0. The number of fused-ring (bicyclic) bond motifs is 1. The highest BCUT2D eigenvalue weighted by Crippen LogP contribution is 2.41. The standard InChI is InChI=1S/C22H28FN3OS/c1-7-24-21-25(8-2)20(27)19(28-21)11-15-10-16-14(4)13-22(5,6)26(9-3)18(16)12-17(15)23/h10-13H,7-9H2,1-6H3/b19-11+,24-21?. The number of carbonyl (C=O) groups excluding carboxylic acids is 1. The Hall–Kier alpha value is -2.08. The topological polar surface area (TPSA) is 35.9 Å². The van der Waals surface area contributed by atoms with Gasteiger partial charge in [0, 0.05) is 36.4 Å². The Morgan fingerprint density at radius 3 is 2.54 bits per heavy atom. The van der Waals surface area contributed by atoms with Gasteiger partial charge in [0.15, 0.2) is 5.17 Å². The van der Waals surface area contributed by atoms with Crippen LogP contribution in [0.5, 0.6) is 0 Å². The van der Waals surface area contributed by atoms with Gasteiger partial charge < -0.3 is 4.90 Å². The summed E-state index contributed by atoms with van der Waals surface area (Å²) in [5.41, 5.74) is 3.31. The second kappa shape index (κ2) is 7.74. The van der Waals surface area contributed by atoms with Crippen molar-refractivity contribution >= 4 is 40.2 Å². The molecule has 0 saturated carbocycles. The molecule has 0 unspecified atom stereocenters. The molecule has 3 rings (SSSR count). The van der Waals surface area contributed by atoms with Gasteiger partial charge in [-0.3, -0.25) is 14.7 Å². The predicted molar refractivity (Wildman–Crippen MR) is 118 cm³/mol. The van der Waals surface area contributed by atoms with Crippen molar-refractivity contribution in [1.82, 2.24) is 4.90 Å². The van der Waals surface area contributed by atoms with Crippen molar-refractivity contribution in [2.75, 3.05) is 24.5 Å². The largest absolute Gasteiger partial charge is 0.363 e. The maximum Gasteiger partial charge on any atom is 0.266 e. The monoisotopic (exact) mass is 401 g/mol. The van der Waals surface area contributed by atoms with Gasteiger partial charge in [0.25, 0.3) is 5.91 Å². The fourth-order valence-electron chi connectivity index (χ4n) is 3.98. The van der Waals surface area contributed by atoms with Gasteiger partial charge in [-0.2, -0.15) is 0 Å². The van der Waals surface area contributed by atoms with Crippen molar-refractivity contribution in [3.63, 3.8) is 0 Å². The lowest BCUT2D eigenvalue weighted by Crippen LogP contribution is -2.45. The summed E-state index contributed by atoms with van der Waals surface area (Å²) in [6.07, 6.45) is 3.88. The van der Waals surface area contributed by atoms with Crippen molar-refractivity contribution in [1.29, 1.82) is 0 Å². The van der Waals surface area contributed by atoms with Crippen LogP contribution in [0.1, 0.15) is 52.7 Å². The van der Waals surface area contributed by atoms with Crippen LogP contribution in [-0.2, 0) is 4.79 Å². The second-order valence-corrected chi connectivity index (χ2v) is 8.54. The molecule has 28 heavy (non-hydrogen) atoms. The molecule has 1 saturated heterocycles. The minimum atomic E-state index is -0.312. The molecule has 0 aliphatic carbocycles. The van der Waals surface area contributed by atoms with Gasteiger partial charge in [0.1, 0.15) is 5.82 Å². The van der Waals surface area contributed by atoms with E-state index in [1.54, 1.807) is 17.0 Å². The van der Waals surface area contributed by atoms with Crippen LogP contribution in [0.3, 0.4) is 0 Å². The van der Waals surface area contributed by atoms with E-state index in [9.17, 15) is 4.79 Å². The normalized spacial score (nSPS) is 21.5. The molecule has 2 aliphatic heterocycles. The SMILES string of the molecule is CCN=C1S/C(=C/c2cc3c(cc2F)N(CC)C(C)(C)C=C3C)C(=O)N1CC. The number of likely N-dealkylation sites (N-methyl/N-ethyl adjacent to an activating group) is 2. The maximum absolute atomic E-state index is 15.0. The maximum atomic E-state index is 15.0. The lowest BCUT2D eigenvalue weighted by molar-refractivity contribution is -0.122. The van der Waals surface area contributed by atoms with Crippen LogP contribution in [0.15, 0.2) is 28.1 Å². The first-order valence-electron chi connectivity index (χ1n) is 9.80. The number of rotatable bonds is 4. The first kappa shape index (κ1) is 20.6. The summed E-state index contributed by atoms with van der Waals surface area (Å²) in [4.78, 5) is 21.4. The van der Waals surface area contributed by atoms with E-state index in [4.69, 9.17) is 0 Å². The minimum Gasteiger partial charge on any atom is -0.363 e. The number of carbonyl (C=O) groups is 1. The van der Waals surface area contributed by atoms with Crippen molar-refractivity contribution in [3.8, 4) is 0 Å². The number of amidine groups is 1. The molecule has 0 aromatic heterocycles. The van der Waals surface area contributed by atoms with Gasteiger partial charge in [0.05, 0.1) is 10.4 Å². The minimum absolute atomic E-state index is 0.111. The van der Waals surface area contributed by atoms with Crippen LogP contribution in [0.2, 0.25) is 0 Å². The van der Waals surface area contributed by atoms with E-state index in [1.807, 2.05) is 19.9 Å². The molecule has 0 atom stereocenters. The van der Waals surface area contributed by atoms with E-state index in [1.165, 1.54) is 11.8 Å². The summed E-state index contributed by atoms with van der Waals surface area (Å²) in [6, 6.07) is 3.46. The van der Waals surface area contributed by atoms with Crippen LogP contribution in [0, 0.1) is 5.82 Å². The molecule has 6 heteroatoms. The smallest absolute Gasteiger partial charge is 0.266 e. The third kappa shape index (κ3) is 3.50. The van der Waals surface area contributed by atoms with Crippen molar-refractivity contribution in [3.05, 3.63) is 40.1 Å². The Labute approximate surface area is 171 Å². The predicted octanol–water partition coefficient (Wildman–Crippen LogP) is 5.16. The molecule has 1 aromatic rings. The van der Waals surface area contributed by atoms with Gasteiger partial charge in [-0.1, -0.05) is 6.08 Å². The van der Waals surface area contributed by atoms with Crippen LogP contribution < -0.4 is 4.90 Å². The molecule has 1 aromatic carbocycles. The van der Waals surface area contributed by atoms with E-state index >= 15 is 4.39 Å². The summed E-state index contributed by atoms with van der Waals surface area (Å²) in [5, 5.41) is 0.689. The molecule has 2 aliphatic rings. The van der Waals surface area contributed by atoms with Crippen molar-refractivity contribution < 1.29 is 9.18 Å². The molecular formula is C22H28FN3OS.